The van der Waals surface area contributed by atoms with Crippen LogP contribution in [-0.4, -0.2) is 7.11 Å². The lowest BCUT2D eigenvalue weighted by Gasteiger charge is -2.13. The zero-order valence-electron chi connectivity index (χ0n) is 10.4. The third-order valence-electron chi connectivity index (χ3n) is 2.87. The van der Waals surface area contributed by atoms with Crippen molar-refractivity contribution in [2.24, 2.45) is 0 Å². The van der Waals surface area contributed by atoms with Crippen molar-refractivity contribution in [3.05, 3.63) is 63.6 Å². The average molecular weight is 316 g/mol. The molecule has 1 unspecified atom stereocenters. The molecule has 1 atom stereocenters. The first-order valence-electron chi connectivity index (χ1n) is 5.82. The van der Waals surface area contributed by atoms with E-state index in [9.17, 15) is 0 Å². The Balaban J connectivity index is 2.20. The second-order valence-electron chi connectivity index (χ2n) is 4.17. The lowest BCUT2D eigenvalue weighted by molar-refractivity contribution is 0.414. The van der Waals surface area contributed by atoms with Gasteiger partial charge in [0.25, 0.3) is 0 Å². The lowest BCUT2D eigenvalue weighted by atomic mass is 10.0. The van der Waals surface area contributed by atoms with Crippen molar-refractivity contribution in [2.75, 3.05) is 7.11 Å². The SMILES string of the molecule is COc1cccc(CC(Cl)c2cccc(Cl)c2Cl)c1. The van der Waals surface area contributed by atoms with Gasteiger partial charge < -0.3 is 4.74 Å². The fourth-order valence-electron chi connectivity index (χ4n) is 1.88. The Bertz CT molecular complexity index is 569. The minimum absolute atomic E-state index is 0.224. The Kier molecular flexibility index (Phi) is 4.98. The third kappa shape index (κ3) is 3.56. The fourth-order valence-corrected chi connectivity index (χ4v) is 2.73. The molecular weight excluding hydrogens is 303 g/mol. The summed E-state index contributed by atoms with van der Waals surface area (Å²) in [6.07, 6.45) is 0.665. The monoisotopic (exact) mass is 314 g/mol. The summed E-state index contributed by atoms with van der Waals surface area (Å²) in [7, 11) is 1.64. The Morgan fingerprint density at radius 1 is 1.11 bits per heavy atom. The summed E-state index contributed by atoms with van der Waals surface area (Å²) in [6.45, 7) is 0. The van der Waals surface area contributed by atoms with Crippen molar-refractivity contribution in [2.45, 2.75) is 11.8 Å². The van der Waals surface area contributed by atoms with Crippen molar-refractivity contribution >= 4 is 34.8 Å². The van der Waals surface area contributed by atoms with Crippen molar-refractivity contribution in [3.8, 4) is 5.75 Å². The largest absolute Gasteiger partial charge is 0.497 e. The maximum absolute atomic E-state index is 6.43. The van der Waals surface area contributed by atoms with E-state index in [0.29, 0.717) is 16.5 Å². The van der Waals surface area contributed by atoms with Gasteiger partial charge >= 0.3 is 0 Å². The molecule has 0 bridgehead atoms. The zero-order valence-corrected chi connectivity index (χ0v) is 12.6. The van der Waals surface area contributed by atoms with E-state index in [1.54, 1.807) is 13.2 Å². The quantitative estimate of drug-likeness (QED) is 0.675. The minimum Gasteiger partial charge on any atom is -0.497 e. The molecule has 0 fully saturated rings. The van der Waals surface area contributed by atoms with Crippen LogP contribution in [0.2, 0.25) is 10.0 Å². The summed E-state index contributed by atoms with van der Waals surface area (Å²) in [6, 6.07) is 13.3. The van der Waals surface area contributed by atoms with Gasteiger partial charge in [0, 0.05) is 0 Å². The van der Waals surface area contributed by atoms with Crippen LogP contribution >= 0.6 is 34.8 Å². The topological polar surface area (TPSA) is 9.23 Å². The first-order valence-corrected chi connectivity index (χ1v) is 7.02. The van der Waals surface area contributed by atoms with Crippen LogP contribution < -0.4 is 4.74 Å². The van der Waals surface area contributed by atoms with Gasteiger partial charge in [-0.2, -0.15) is 0 Å². The average Bonchev–Trinajstić information content (AvgIpc) is 2.42. The van der Waals surface area contributed by atoms with Crippen LogP contribution in [0.5, 0.6) is 5.75 Å². The fraction of sp³-hybridized carbons (Fsp3) is 0.200. The van der Waals surface area contributed by atoms with Gasteiger partial charge in [-0.25, -0.2) is 0 Å². The summed E-state index contributed by atoms with van der Waals surface area (Å²) in [4.78, 5) is 0. The summed E-state index contributed by atoms with van der Waals surface area (Å²) in [5, 5.41) is 0.820. The van der Waals surface area contributed by atoms with E-state index in [4.69, 9.17) is 39.5 Å². The molecule has 2 aromatic carbocycles. The van der Waals surface area contributed by atoms with Gasteiger partial charge in [0.05, 0.1) is 22.5 Å². The summed E-state index contributed by atoms with van der Waals surface area (Å²) in [5.74, 6) is 0.818. The van der Waals surface area contributed by atoms with Crippen LogP contribution in [0.4, 0.5) is 0 Å². The summed E-state index contributed by atoms with van der Waals surface area (Å²) < 4.78 is 5.19. The first kappa shape index (κ1) is 14.5. The predicted molar refractivity (Wildman–Crippen MR) is 81.8 cm³/mol. The summed E-state index contributed by atoms with van der Waals surface area (Å²) in [5.41, 5.74) is 1.94. The van der Waals surface area contributed by atoms with Gasteiger partial charge in [-0.1, -0.05) is 47.5 Å². The number of benzene rings is 2. The molecule has 4 heteroatoms. The molecule has 0 aromatic heterocycles. The Morgan fingerprint density at radius 2 is 1.84 bits per heavy atom. The van der Waals surface area contributed by atoms with E-state index in [1.165, 1.54) is 0 Å². The maximum Gasteiger partial charge on any atom is 0.119 e. The second kappa shape index (κ2) is 6.51. The molecule has 0 aliphatic heterocycles. The number of methoxy groups -OCH3 is 1. The number of rotatable bonds is 4. The number of alkyl halides is 1. The third-order valence-corrected chi connectivity index (χ3v) is 4.09. The van der Waals surface area contributed by atoms with Gasteiger partial charge in [-0.3, -0.25) is 0 Å². The van der Waals surface area contributed by atoms with E-state index in [1.807, 2.05) is 36.4 Å². The zero-order chi connectivity index (χ0) is 13.8. The van der Waals surface area contributed by atoms with Crippen molar-refractivity contribution in [3.63, 3.8) is 0 Å². The van der Waals surface area contributed by atoms with Crippen LogP contribution in [-0.2, 0) is 6.42 Å². The van der Waals surface area contributed by atoms with Crippen LogP contribution in [0.3, 0.4) is 0 Å². The summed E-state index contributed by atoms with van der Waals surface area (Å²) >= 11 is 18.6. The molecule has 0 spiro atoms. The number of hydrogen-bond donors (Lipinski definition) is 0. The second-order valence-corrected chi connectivity index (χ2v) is 5.48. The molecular formula is C15H13Cl3O. The van der Waals surface area contributed by atoms with Gasteiger partial charge in [-0.15, -0.1) is 11.6 Å². The maximum atomic E-state index is 6.43. The number of hydrogen-bond acceptors (Lipinski definition) is 1. The van der Waals surface area contributed by atoms with Crippen molar-refractivity contribution in [1.29, 1.82) is 0 Å². The molecule has 2 aromatic rings. The smallest absolute Gasteiger partial charge is 0.119 e. The highest BCUT2D eigenvalue weighted by Crippen LogP contribution is 2.35. The van der Waals surface area contributed by atoms with E-state index in [2.05, 4.69) is 0 Å². The van der Waals surface area contributed by atoms with Crippen LogP contribution in [0.25, 0.3) is 0 Å². The van der Waals surface area contributed by atoms with E-state index in [0.717, 1.165) is 16.9 Å². The highest BCUT2D eigenvalue weighted by atomic mass is 35.5. The Labute approximate surface area is 128 Å². The molecule has 2 rings (SSSR count). The molecule has 0 N–H and O–H groups in total. The molecule has 0 saturated heterocycles. The van der Waals surface area contributed by atoms with Gasteiger partial charge in [0.1, 0.15) is 5.75 Å². The molecule has 19 heavy (non-hydrogen) atoms. The molecule has 1 nitrogen and oxygen atoms in total. The normalized spacial score (nSPS) is 12.2. The van der Waals surface area contributed by atoms with Crippen LogP contribution in [0, 0.1) is 0 Å². The predicted octanol–water partition coefficient (Wildman–Crippen LogP) is 5.52. The molecule has 0 amide bonds. The van der Waals surface area contributed by atoms with Crippen molar-refractivity contribution < 1.29 is 4.74 Å². The highest BCUT2D eigenvalue weighted by molar-refractivity contribution is 6.43. The number of ether oxygens (including phenoxy) is 1. The highest BCUT2D eigenvalue weighted by Gasteiger charge is 2.14. The Morgan fingerprint density at radius 3 is 2.58 bits per heavy atom. The molecule has 0 aliphatic rings. The van der Waals surface area contributed by atoms with Gasteiger partial charge in [0.2, 0.25) is 0 Å². The van der Waals surface area contributed by atoms with Crippen molar-refractivity contribution in [1.82, 2.24) is 0 Å². The lowest BCUT2D eigenvalue weighted by Crippen LogP contribution is -1.97. The van der Waals surface area contributed by atoms with E-state index in [-0.39, 0.29) is 5.38 Å². The van der Waals surface area contributed by atoms with E-state index >= 15 is 0 Å². The number of halogens is 3. The molecule has 0 aliphatic carbocycles. The standard InChI is InChI=1S/C15H13Cl3O/c1-19-11-5-2-4-10(8-11)9-14(17)12-6-3-7-13(16)15(12)18/h2-8,14H,9H2,1H3. The molecule has 100 valence electrons. The van der Waals surface area contributed by atoms with E-state index < -0.39 is 0 Å². The Hall–Kier alpha value is -0.890. The first-order chi connectivity index (χ1) is 9.11. The van der Waals surface area contributed by atoms with Crippen LogP contribution in [0.15, 0.2) is 42.5 Å². The molecule has 0 radical (unpaired) electrons. The minimum atomic E-state index is -0.224. The van der Waals surface area contributed by atoms with Crippen LogP contribution in [0.1, 0.15) is 16.5 Å². The van der Waals surface area contributed by atoms with Gasteiger partial charge in [-0.05, 0) is 35.7 Å². The van der Waals surface area contributed by atoms with Gasteiger partial charge in [0.15, 0.2) is 0 Å². The molecule has 0 saturated carbocycles. The molecule has 0 heterocycles.